The van der Waals surface area contributed by atoms with Crippen LogP contribution in [-0.4, -0.2) is 11.9 Å². The average Bonchev–Trinajstić information content (AvgIpc) is 3.51. The van der Waals surface area contributed by atoms with Crippen LogP contribution in [0.4, 0.5) is 5.69 Å². The molecule has 1 aromatic heterocycles. The van der Waals surface area contributed by atoms with Gasteiger partial charge in [-0.15, -0.1) is 0 Å². The van der Waals surface area contributed by atoms with E-state index in [0.29, 0.717) is 22.4 Å². The van der Waals surface area contributed by atoms with Gasteiger partial charge in [0.15, 0.2) is 0 Å². The van der Waals surface area contributed by atoms with Crippen LogP contribution in [0.15, 0.2) is 57.7 Å². The molecule has 1 heterocycles. The second-order valence-corrected chi connectivity index (χ2v) is 7.01. The number of fused-ring (bicyclic) bond motifs is 1. The minimum absolute atomic E-state index is 0.0142. The van der Waals surface area contributed by atoms with Crippen molar-refractivity contribution in [2.75, 3.05) is 5.32 Å². The molecule has 0 radical (unpaired) electrons. The summed E-state index contributed by atoms with van der Waals surface area (Å²) in [5.41, 5.74) is 2.56. The van der Waals surface area contributed by atoms with Gasteiger partial charge in [0.2, 0.25) is 5.91 Å². The van der Waals surface area contributed by atoms with E-state index in [1.807, 2.05) is 19.1 Å². The maximum absolute atomic E-state index is 12.3. The van der Waals surface area contributed by atoms with Gasteiger partial charge in [-0.3, -0.25) is 4.79 Å². The summed E-state index contributed by atoms with van der Waals surface area (Å²) >= 11 is 0. The molecular formula is C22H19NO5. The van der Waals surface area contributed by atoms with E-state index in [9.17, 15) is 14.4 Å². The summed E-state index contributed by atoms with van der Waals surface area (Å²) in [4.78, 5) is 35.9. The molecule has 1 aliphatic carbocycles. The van der Waals surface area contributed by atoms with Crippen molar-refractivity contribution in [2.45, 2.75) is 26.4 Å². The number of nitrogens with one attached hydrogen (secondary N) is 1. The molecule has 142 valence electrons. The third-order valence-electron chi connectivity index (χ3n) is 4.68. The molecule has 1 amide bonds. The zero-order valence-electron chi connectivity index (χ0n) is 15.4. The van der Waals surface area contributed by atoms with Crippen LogP contribution in [0.3, 0.4) is 0 Å². The lowest BCUT2D eigenvalue weighted by Gasteiger charge is -2.09. The fourth-order valence-electron chi connectivity index (χ4n) is 2.96. The molecule has 4 rings (SSSR count). The van der Waals surface area contributed by atoms with Gasteiger partial charge in [0.1, 0.15) is 12.2 Å². The summed E-state index contributed by atoms with van der Waals surface area (Å²) in [7, 11) is 0. The number of anilines is 1. The molecule has 6 heteroatoms. The number of aryl methyl sites for hydroxylation is 1. The first-order valence-electron chi connectivity index (χ1n) is 9.11. The quantitative estimate of drug-likeness (QED) is 0.540. The highest BCUT2D eigenvalue weighted by Gasteiger charge is 2.29. The smallest absolute Gasteiger partial charge is 0.338 e. The predicted molar refractivity (Wildman–Crippen MR) is 104 cm³/mol. The molecular weight excluding hydrogens is 358 g/mol. The highest BCUT2D eigenvalue weighted by molar-refractivity contribution is 5.95. The van der Waals surface area contributed by atoms with Crippen LogP contribution in [-0.2, 0) is 16.1 Å². The van der Waals surface area contributed by atoms with E-state index in [-0.39, 0.29) is 18.4 Å². The lowest BCUT2D eigenvalue weighted by molar-refractivity contribution is -0.117. The van der Waals surface area contributed by atoms with Gasteiger partial charge < -0.3 is 14.5 Å². The Morgan fingerprint density at radius 3 is 2.57 bits per heavy atom. The van der Waals surface area contributed by atoms with Crippen LogP contribution in [0.5, 0.6) is 0 Å². The molecule has 1 fully saturated rings. The van der Waals surface area contributed by atoms with Crippen LogP contribution in [0, 0.1) is 12.8 Å². The van der Waals surface area contributed by atoms with Gasteiger partial charge in [-0.05, 0) is 55.7 Å². The van der Waals surface area contributed by atoms with Crippen LogP contribution >= 0.6 is 0 Å². The third kappa shape index (κ3) is 3.96. The first-order valence-corrected chi connectivity index (χ1v) is 9.11. The topological polar surface area (TPSA) is 85.6 Å². The molecule has 3 aromatic rings. The van der Waals surface area contributed by atoms with Crippen molar-refractivity contribution in [3.8, 4) is 0 Å². The van der Waals surface area contributed by atoms with E-state index >= 15 is 0 Å². The van der Waals surface area contributed by atoms with Gasteiger partial charge in [0.05, 0.1) is 5.56 Å². The monoisotopic (exact) mass is 377 g/mol. The maximum Gasteiger partial charge on any atom is 0.338 e. The summed E-state index contributed by atoms with van der Waals surface area (Å²) in [5.74, 6) is -0.374. The lowest BCUT2D eigenvalue weighted by Crippen LogP contribution is -2.13. The molecule has 0 atom stereocenters. The van der Waals surface area contributed by atoms with Crippen molar-refractivity contribution in [3.05, 3.63) is 75.6 Å². The normalized spacial score (nSPS) is 13.3. The van der Waals surface area contributed by atoms with Crippen molar-refractivity contribution in [3.63, 3.8) is 0 Å². The molecule has 6 nitrogen and oxygen atoms in total. The molecule has 0 saturated heterocycles. The third-order valence-corrected chi connectivity index (χ3v) is 4.68. The number of rotatable bonds is 5. The number of hydrogen-bond acceptors (Lipinski definition) is 5. The SMILES string of the molecule is Cc1ccc2c(COC(=O)c3ccc(NC(=O)C4CC4)cc3)cc(=O)oc2c1. The highest BCUT2D eigenvalue weighted by Crippen LogP contribution is 2.30. The Morgan fingerprint density at radius 1 is 1.11 bits per heavy atom. The number of carbonyl (C=O) groups is 2. The first-order chi connectivity index (χ1) is 13.5. The van der Waals surface area contributed by atoms with E-state index in [0.717, 1.165) is 23.8 Å². The van der Waals surface area contributed by atoms with Gasteiger partial charge in [-0.2, -0.15) is 0 Å². The van der Waals surface area contributed by atoms with Gasteiger partial charge in [0.25, 0.3) is 0 Å². The molecule has 1 aliphatic rings. The molecule has 2 aromatic carbocycles. The zero-order valence-corrected chi connectivity index (χ0v) is 15.4. The van der Waals surface area contributed by atoms with Crippen molar-refractivity contribution in [2.24, 2.45) is 5.92 Å². The van der Waals surface area contributed by atoms with Crippen molar-refractivity contribution in [1.29, 1.82) is 0 Å². The van der Waals surface area contributed by atoms with Gasteiger partial charge in [0, 0.05) is 28.6 Å². The lowest BCUT2D eigenvalue weighted by atomic mass is 10.1. The predicted octanol–water partition coefficient (Wildman–Crippen LogP) is 3.81. The molecule has 0 bridgehead atoms. The largest absolute Gasteiger partial charge is 0.457 e. The van der Waals surface area contributed by atoms with E-state index in [1.165, 1.54) is 6.07 Å². The second kappa shape index (κ2) is 7.31. The molecule has 1 N–H and O–H groups in total. The second-order valence-electron chi connectivity index (χ2n) is 7.01. The van der Waals surface area contributed by atoms with Gasteiger partial charge >= 0.3 is 11.6 Å². The highest BCUT2D eigenvalue weighted by atomic mass is 16.5. The molecule has 0 unspecified atom stereocenters. The summed E-state index contributed by atoms with van der Waals surface area (Å²) in [6.45, 7) is 1.87. The Hall–Kier alpha value is -3.41. The van der Waals surface area contributed by atoms with Crippen LogP contribution < -0.4 is 10.9 Å². The fraction of sp³-hybridized carbons (Fsp3) is 0.227. The first kappa shape index (κ1) is 18.0. The minimum Gasteiger partial charge on any atom is -0.457 e. The molecule has 0 spiro atoms. The van der Waals surface area contributed by atoms with Crippen molar-refractivity contribution >= 4 is 28.5 Å². The van der Waals surface area contributed by atoms with Gasteiger partial charge in [-0.1, -0.05) is 12.1 Å². The number of carbonyl (C=O) groups excluding carboxylic acids is 2. The Kier molecular flexibility index (Phi) is 4.69. The van der Waals surface area contributed by atoms with E-state index < -0.39 is 11.6 Å². The van der Waals surface area contributed by atoms with Crippen LogP contribution in [0.25, 0.3) is 11.0 Å². The number of esters is 1. The fourth-order valence-corrected chi connectivity index (χ4v) is 2.96. The van der Waals surface area contributed by atoms with E-state index in [4.69, 9.17) is 9.15 Å². The average molecular weight is 377 g/mol. The van der Waals surface area contributed by atoms with E-state index in [2.05, 4.69) is 5.32 Å². The Bertz CT molecular complexity index is 1110. The van der Waals surface area contributed by atoms with E-state index in [1.54, 1.807) is 30.3 Å². The standard InChI is InChI=1S/C22H19NO5/c1-13-2-9-18-16(11-20(24)28-19(18)10-13)12-27-22(26)15-5-7-17(8-6-15)23-21(25)14-3-4-14/h2,5-11,14H,3-4,12H2,1H3,(H,23,25). The maximum atomic E-state index is 12.3. The summed E-state index contributed by atoms with van der Waals surface area (Å²) in [6, 6.07) is 13.4. The molecule has 28 heavy (non-hydrogen) atoms. The summed E-state index contributed by atoms with van der Waals surface area (Å²) in [5, 5.41) is 3.56. The minimum atomic E-state index is -0.506. The van der Waals surface area contributed by atoms with Crippen molar-refractivity contribution in [1.82, 2.24) is 0 Å². The summed E-state index contributed by atoms with van der Waals surface area (Å²) < 4.78 is 10.6. The van der Waals surface area contributed by atoms with Crippen LogP contribution in [0.1, 0.15) is 34.3 Å². The van der Waals surface area contributed by atoms with Crippen molar-refractivity contribution < 1.29 is 18.7 Å². The van der Waals surface area contributed by atoms with Gasteiger partial charge in [-0.25, -0.2) is 9.59 Å². The zero-order chi connectivity index (χ0) is 19.7. The Balaban J connectivity index is 1.45. The Morgan fingerprint density at radius 2 is 1.86 bits per heavy atom. The summed E-state index contributed by atoms with van der Waals surface area (Å²) in [6.07, 6.45) is 1.87. The number of hydrogen-bond donors (Lipinski definition) is 1. The number of benzene rings is 2. The molecule has 0 aliphatic heterocycles. The molecule has 1 saturated carbocycles. The number of ether oxygens (including phenoxy) is 1. The number of amides is 1. The van der Waals surface area contributed by atoms with Crippen LogP contribution in [0.2, 0.25) is 0 Å². The Labute approximate surface area is 161 Å².